The molecule has 0 saturated heterocycles. The Kier molecular flexibility index (Phi) is 3.50. The first-order valence-corrected chi connectivity index (χ1v) is 4.51. The molecular weight excluding hydrogens is 194 g/mol. The van der Waals surface area contributed by atoms with E-state index < -0.39 is 0 Å². The highest BCUT2D eigenvalue weighted by Crippen LogP contribution is 2.18. The standard InChI is InChI=1S/C12H13N.ClH/c1-9(13)11-7-6-10-4-2-3-5-12(10)8-11;/h2-9H,13H2,1H3;1H/p-1. The SMILES string of the molecule is CC(N)c1ccc2ccccc2c1.[Cl-]. The molecule has 0 aliphatic carbocycles. The molecular formula is C12H13ClN-. The molecule has 2 aromatic rings. The predicted molar refractivity (Wildman–Crippen MR) is 56.6 cm³/mol. The van der Waals surface area contributed by atoms with Crippen LogP contribution in [0.25, 0.3) is 10.8 Å². The third-order valence-corrected chi connectivity index (χ3v) is 2.30. The summed E-state index contributed by atoms with van der Waals surface area (Å²) in [6.45, 7) is 2.00. The number of nitrogens with two attached hydrogens (primary N) is 1. The number of benzene rings is 2. The highest BCUT2D eigenvalue weighted by Gasteiger charge is 1.99. The molecule has 0 aromatic heterocycles. The van der Waals surface area contributed by atoms with Crippen molar-refractivity contribution in [2.75, 3.05) is 0 Å². The first kappa shape index (κ1) is 11.0. The van der Waals surface area contributed by atoms with E-state index in [1.54, 1.807) is 0 Å². The summed E-state index contributed by atoms with van der Waals surface area (Å²) in [5, 5.41) is 2.53. The predicted octanol–water partition coefficient (Wildman–Crippen LogP) is -0.137. The van der Waals surface area contributed by atoms with E-state index in [1.807, 2.05) is 19.1 Å². The molecule has 2 aromatic carbocycles. The van der Waals surface area contributed by atoms with Gasteiger partial charge < -0.3 is 18.1 Å². The normalized spacial score (nSPS) is 12.1. The van der Waals surface area contributed by atoms with Crippen LogP contribution in [0.3, 0.4) is 0 Å². The highest BCUT2D eigenvalue weighted by molar-refractivity contribution is 5.83. The van der Waals surface area contributed by atoms with E-state index in [9.17, 15) is 0 Å². The van der Waals surface area contributed by atoms with Crippen molar-refractivity contribution in [3.05, 3.63) is 48.0 Å². The van der Waals surface area contributed by atoms with Gasteiger partial charge in [-0.05, 0) is 29.3 Å². The molecule has 0 aliphatic heterocycles. The van der Waals surface area contributed by atoms with Crippen LogP contribution < -0.4 is 18.1 Å². The fourth-order valence-electron chi connectivity index (χ4n) is 1.49. The van der Waals surface area contributed by atoms with Crippen molar-refractivity contribution >= 4 is 10.8 Å². The Morgan fingerprint density at radius 2 is 1.64 bits per heavy atom. The van der Waals surface area contributed by atoms with Gasteiger partial charge in [0.05, 0.1) is 0 Å². The molecule has 14 heavy (non-hydrogen) atoms. The summed E-state index contributed by atoms with van der Waals surface area (Å²) in [6, 6.07) is 14.8. The Balaban J connectivity index is 0.000000980. The summed E-state index contributed by atoms with van der Waals surface area (Å²) in [7, 11) is 0. The molecule has 0 fully saturated rings. The van der Waals surface area contributed by atoms with E-state index in [1.165, 1.54) is 16.3 Å². The van der Waals surface area contributed by atoms with Crippen LogP contribution in [0.15, 0.2) is 42.5 Å². The van der Waals surface area contributed by atoms with Gasteiger partial charge in [0.1, 0.15) is 0 Å². The van der Waals surface area contributed by atoms with Gasteiger partial charge in [0.2, 0.25) is 0 Å². The second-order valence-electron chi connectivity index (χ2n) is 3.40. The van der Waals surface area contributed by atoms with Crippen LogP contribution in [0, 0.1) is 0 Å². The molecule has 0 amide bonds. The van der Waals surface area contributed by atoms with Gasteiger partial charge in [0.15, 0.2) is 0 Å². The molecule has 0 bridgehead atoms. The summed E-state index contributed by atoms with van der Waals surface area (Å²) >= 11 is 0. The first-order valence-electron chi connectivity index (χ1n) is 4.51. The van der Waals surface area contributed by atoms with Gasteiger partial charge in [-0.3, -0.25) is 0 Å². The number of halogens is 1. The molecule has 0 aliphatic rings. The summed E-state index contributed by atoms with van der Waals surface area (Å²) < 4.78 is 0. The fraction of sp³-hybridized carbons (Fsp3) is 0.167. The van der Waals surface area contributed by atoms with Crippen molar-refractivity contribution in [2.24, 2.45) is 5.73 Å². The van der Waals surface area contributed by atoms with Gasteiger partial charge in [-0.25, -0.2) is 0 Å². The molecule has 2 N–H and O–H groups in total. The van der Waals surface area contributed by atoms with Crippen LogP contribution >= 0.6 is 0 Å². The molecule has 1 atom stereocenters. The van der Waals surface area contributed by atoms with E-state index in [0.717, 1.165) is 0 Å². The molecule has 1 unspecified atom stereocenters. The van der Waals surface area contributed by atoms with Crippen molar-refractivity contribution in [3.63, 3.8) is 0 Å². The van der Waals surface area contributed by atoms with Crippen LogP contribution in [0.2, 0.25) is 0 Å². The molecule has 2 rings (SSSR count). The molecule has 0 spiro atoms. The Morgan fingerprint density at radius 1 is 1.00 bits per heavy atom. The summed E-state index contributed by atoms with van der Waals surface area (Å²) in [4.78, 5) is 0. The van der Waals surface area contributed by atoms with E-state index in [2.05, 4.69) is 30.3 Å². The van der Waals surface area contributed by atoms with Crippen molar-refractivity contribution in [2.45, 2.75) is 13.0 Å². The minimum atomic E-state index is 0. The number of hydrogen-bond donors (Lipinski definition) is 1. The van der Waals surface area contributed by atoms with Crippen LogP contribution in [-0.2, 0) is 0 Å². The molecule has 74 valence electrons. The Hall–Kier alpha value is -1.05. The van der Waals surface area contributed by atoms with Crippen molar-refractivity contribution < 1.29 is 12.4 Å². The smallest absolute Gasteiger partial charge is 0.0266 e. The minimum absolute atomic E-state index is 0. The number of rotatable bonds is 1. The zero-order chi connectivity index (χ0) is 9.26. The lowest BCUT2D eigenvalue weighted by atomic mass is 10.0. The zero-order valence-electron chi connectivity index (χ0n) is 8.07. The Bertz CT molecular complexity index is 423. The van der Waals surface area contributed by atoms with Crippen molar-refractivity contribution in [1.82, 2.24) is 0 Å². The Labute approximate surface area is 90.3 Å². The third kappa shape index (κ3) is 2.06. The lowest BCUT2D eigenvalue weighted by molar-refractivity contribution is -0.00000275. The van der Waals surface area contributed by atoms with Crippen LogP contribution in [0.5, 0.6) is 0 Å². The van der Waals surface area contributed by atoms with Crippen LogP contribution in [0.4, 0.5) is 0 Å². The minimum Gasteiger partial charge on any atom is -1.00 e. The second kappa shape index (κ2) is 4.45. The van der Waals surface area contributed by atoms with E-state index >= 15 is 0 Å². The van der Waals surface area contributed by atoms with Crippen molar-refractivity contribution in [1.29, 1.82) is 0 Å². The second-order valence-corrected chi connectivity index (χ2v) is 3.40. The maximum atomic E-state index is 5.80. The quantitative estimate of drug-likeness (QED) is 0.691. The first-order chi connectivity index (χ1) is 6.27. The van der Waals surface area contributed by atoms with E-state index in [-0.39, 0.29) is 18.4 Å². The largest absolute Gasteiger partial charge is 1.00 e. The van der Waals surface area contributed by atoms with Gasteiger partial charge in [-0.1, -0.05) is 36.4 Å². The van der Waals surface area contributed by atoms with Crippen molar-refractivity contribution in [3.8, 4) is 0 Å². The average molecular weight is 207 g/mol. The molecule has 1 nitrogen and oxygen atoms in total. The monoisotopic (exact) mass is 206 g/mol. The molecule has 0 saturated carbocycles. The average Bonchev–Trinajstić information content (AvgIpc) is 2.17. The summed E-state index contributed by atoms with van der Waals surface area (Å²) in [5.74, 6) is 0. The van der Waals surface area contributed by atoms with Gasteiger partial charge in [-0.2, -0.15) is 0 Å². The fourth-order valence-corrected chi connectivity index (χ4v) is 1.49. The van der Waals surface area contributed by atoms with Crippen LogP contribution in [-0.4, -0.2) is 0 Å². The van der Waals surface area contributed by atoms with Gasteiger partial charge in [-0.15, -0.1) is 0 Å². The van der Waals surface area contributed by atoms with E-state index in [4.69, 9.17) is 5.73 Å². The lowest BCUT2D eigenvalue weighted by Gasteiger charge is -2.06. The molecule has 0 heterocycles. The molecule has 2 heteroatoms. The van der Waals surface area contributed by atoms with Gasteiger partial charge >= 0.3 is 0 Å². The van der Waals surface area contributed by atoms with Gasteiger partial charge in [0.25, 0.3) is 0 Å². The topological polar surface area (TPSA) is 26.0 Å². The maximum Gasteiger partial charge on any atom is 0.0266 e. The lowest BCUT2D eigenvalue weighted by Crippen LogP contribution is -3.00. The zero-order valence-corrected chi connectivity index (χ0v) is 8.83. The Morgan fingerprint density at radius 3 is 2.29 bits per heavy atom. The van der Waals surface area contributed by atoms with E-state index in [0.29, 0.717) is 0 Å². The molecule has 0 radical (unpaired) electrons. The summed E-state index contributed by atoms with van der Waals surface area (Å²) in [6.07, 6.45) is 0. The highest BCUT2D eigenvalue weighted by atomic mass is 35.5. The van der Waals surface area contributed by atoms with Gasteiger partial charge in [0, 0.05) is 6.04 Å². The number of hydrogen-bond acceptors (Lipinski definition) is 1. The van der Waals surface area contributed by atoms with Crippen LogP contribution in [0.1, 0.15) is 18.5 Å². The maximum absolute atomic E-state index is 5.80. The third-order valence-electron chi connectivity index (χ3n) is 2.30. The number of fused-ring (bicyclic) bond motifs is 1. The summed E-state index contributed by atoms with van der Waals surface area (Å²) in [5.41, 5.74) is 7.00.